The summed E-state index contributed by atoms with van der Waals surface area (Å²) in [6.07, 6.45) is 1.52. The minimum absolute atomic E-state index is 0.228. The highest BCUT2D eigenvalue weighted by atomic mass is 32.1. The van der Waals surface area contributed by atoms with Crippen molar-refractivity contribution in [2.75, 3.05) is 0 Å². The zero-order valence-corrected chi connectivity index (χ0v) is 7.32. The molecule has 0 saturated heterocycles. The minimum atomic E-state index is -1.04. The Balaban J connectivity index is 2.95. The third-order valence-corrected chi connectivity index (χ3v) is 1.74. The molecule has 1 aromatic rings. The molecule has 12 heavy (non-hydrogen) atoms. The van der Waals surface area contributed by atoms with E-state index >= 15 is 0 Å². The Morgan fingerprint density at radius 2 is 2.42 bits per heavy atom. The SMILES string of the molecule is Cc1ccnc(C(S)C(=O)O)n1. The normalized spacial score (nSPS) is 12.5. The van der Waals surface area contributed by atoms with Crippen LogP contribution in [0.2, 0.25) is 0 Å². The van der Waals surface area contributed by atoms with Crippen molar-refractivity contribution in [3.63, 3.8) is 0 Å². The lowest BCUT2D eigenvalue weighted by Gasteiger charge is -2.03. The number of nitrogens with zero attached hydrogens (tertiary/aromatic N) is 2. The van der Waals surface area contributed by atoms with Crippen LogP contribution in [-0.4, -0.2) is 21.0 Å². The Morgan fingerprint density at radius 3 is 2.92 bits per heavy atom. The average Bonchev–Trinajstić information content (AvgIpc) is 2.03. The lowest BCUT2D eigenvalue weighted by atomic mass is 10.3. The van der Waals surface area contributed by atoms with Gasteiger partial charge in [0.25, 0.3) is 0 Å². The van der Waals surface area contributed by atoms with Gasteiger partial charge in [-0.1, -0.05) is 0 Å². The van der Waals surface area contributed by atoms with Crippen LogP contribution in [0.25, 0.3) is 0 Å². The largest absolute Gasteiger partial charge is 0.480 e. The van der Waals surface area contributed by atoms with E-state index in [1.165, 1.54) is 6.20 Å². The first-order chi connectivity index (χ1) is 5.61. The number of aliphatic carboxylic acids is 1. The molecule has 1 atom stereocenters. The zero-order chi connectivity index (χ0) is 9.14. The summed E-state index contributed by atoms with van der Waals surface area (Å²) in [6.45, 7) is 1.77. The van der Waals surface area contributed by atoms with Crippen molar-refractivity contribution < 1.29 is 9.90 Å². The molecule has 5 heteroatoms. The van der Waals surface area contributed by atoms with E-state index < -0.39 is 11.2 Å². The van der Waals surface area contributed by atoms with Crippen LogP contribution in [0.5, 0.6) is 0 Å². The number of carbonyl (C=O) groups is 1. The van der Waals surface area contributed by atoms with Crippen molar-refractivity contribution in [2.24, 2.45) is 0 Å². The van der Waals surface area contributed by atoms with Gasteiger partial charge in [0.1, 0.15) is 0 Å². The molecule has 1 heterocycles. The Kier molecular flexibility index (Phi) is 2.65. The molecule has 0 radical (unpaired) electrons. The molecule has 1 N–H and O–H groups in total. The van der Waals surface area contributed by atoms with Crippen molar-refractivity contribution in [1.82, 2.24) is 9.97 Å². The van der Waals surface area contributed by atoms with Crippen molar-refractivity contribution in [3.8, 4) is 0 Å². The van der Waals surface area contributed by atoms with Gasteiger partial charge in [0, 0.05) is 11.9 Å². The van der Waals surface area contributed by atoms with Crippen LogP contribution in [0, 0.1) is 6.92 Å². The average molecular weight is 184 g/mol. The second kappa shape index (κ2) is 3.53. The summed E-state index contributed by atoms with van der Waals surface area (Å²) in [7, 11) is 0. The molecule has 64 valence electrons. The van der Waals surface area contributed by atoms with Crippen molar-refractivity contribution in [3.05, 3.63) is 23.8 Å². The highest BCUT2D eigenvalue weighted by Gasteiger charge is 2.17. The molecule has 0 aliphatic carbocycles. The summed E-state index contributed by atoms with van der Waals surface area (Å²) in [5.41, 5.74) is 0.736. The Labute approximate surface area is 75.1 Å². The van der Waals surface area contributed by atoms with Gasteiger partial charge in [0.05, 0.1) is 0 Å². The number of aromatic nitrogens is 2. The molecular formula is C7H8N2O2S. The van der Waals surface area contributed by atoms with Crippen molar-refractivity contribution in [1.29, 1.82) is 0 Å². The van der Waals surface area contributed by atoms with E-state index in [9.17, 15) is 4.79 Å². The van der Waals surface area contributed by atoms with Gasteiger partial charge >= 0.3 is 5.97 Å². The number of carboxylic acids is 1. The molecule has 4 nitrogen and oxygen atoms in total. The van der Waals surface area contributed by atoms with Gasteiger partial charge in [-0.05, 0) is 13.0 Å². The minimum Gasteiger partial charge on any atom is -0.480 e. The summed E-state index contributed by atoms with van der Waals surface area (Å²) >= 11 is 3.84. The second-order valence-electron chi connectivity index (χ2n) is 2.30. The fourth-order valence-electron chi connectivity index (χ4n) is 0.711. The van der Waals surface area contributed by atoms with Crippen molar-refractivity contribution in [2.45, 2.75) is 12.2 Å². The number of thiol groups is 1. The van der Waals surface area contributed by atoms with Gasteiger partial charge in [-0.15, -0.1) is 0 Å². The lowest BCUT2D eigenvalue weighted by Crippen LogP contribution is -2.09. The molecule has 0 fully saturated rings. The number of carboxylic acid groups (broad SMARTS) is 1. The fourth-order valence-corrected chi connectivity index (χ4v) is 0.835. The summed E-state index contributed by atoms with van der Waals surface area (Å²) in [4.78, 5) is 18.2. The predicted octanol–water partition coefficient (Wildman–Crippen LogP) is 0.841. The standard InChI is InChI=1S/C7H8N2O2S/c1-4-2-3-8-6(9-4)5(12)7(10)11/h2-3,5,12H,1H3,(H,10,11). The van der Waals surface area contributed by atoms with Crippen LogP contribution in [0.4, 0.5) is 0 Å². The van der Waals surface area contributed by atoms with Crippen LogP contribution < -0.4 is 0 Å². The van der Waals surface area contributed by atoms with E-state index in [0.717, 1.165) is 5.69 Å². The first-order valence-electron chi connectivity index (χ1n) is 3.31. The van der Waals surface area contributed by atoms with E-state index in [4.69, 9.17) is 5.11 Å². The third-order valence-electron chi connectivity index (χ3n) is 1.29. The van der Waals surface area contributed by atoms with Crippen molar-refractivity contribution >= 4 is 18.6 Å². The molecule has 1 unspecified atom stereocenters. The van der Waals surface area contributed by atoms with E-state index in [-0.39, 0.29) is 5.82 Å². The topological polar surface area (TPSA) is 63.1 Å². The first kappa shape index (κ1) is 8.99. The smallest absolute Gasteiger partial charge is 0.324 e. The van der Waals surface area contributed by atoms with Gasteiger partial charge in [-0.3, -0.25) is 4.79 Å². The van der Waals surface area contributed by atoms with E-state index in [2.05, 4.69) is 22.6 Å². The summed E-state index contributed by atoms with van der Waals surface area (Å²) in [5.74, 6) is -0.810. The van der Waals surface area contributed by atoms with Crippen LogP contribution >= 0.6 is 12.6 Å². The number of aryl methyl sites for hydroxylation is 1. The Bertz CT molecular complexity index is 303. The van der Waals surface area contributed by atoms with Crippen LogP contribution in [0.3, 0.4) is 0 Å². The molecule has 0 spiro atoms. The van der Waals surface area contributed by atoms with Crippen LogP contribution in [0.1, 0.15) is 16.8 Å². The van der Waals surface area contributed by atoms with Gasteiger partial charge in [-0.25, -0.2) is 9.97 Å². The Morgan fingerprint density at radius 1 is 1.75 bits per heavy atom. The summed E-state index contributed by atoms with van der Waals surface area (Å²) in [6, 6.07) is 1.70. The van der Waals surface area contributed by atoms with E-state index in [1.807, 2.05) is 0 Å². The molecule has 1 aromatic heterocycles. The van der Waals surface area contributed by atoms with Gasteiger partial charge < -0.3 is 5.11 Å². The monoisotopic (exact) mass is 184 g/mol. The van der Waals surface area contributed by atoms with E-state index in [0.29, 0.717) is 0 Å². The molecule has 0 aliphatic rings. The fraction of sp³-hybridized carbons (Fsp3) is 0.286. The van der Waals surface area contributed by atoms with Gasteiger partial charge in [0.15, 0.2) is 11.1 Å². The lowest BCUT2D eigenvalue weighted by molar-refractivity contribution is -0.136. The molecule has 1 rings (SSSR count). The molecule has 0 bridgehead atoms. The maximum atomic E-state index is 10.5. The summed E-state index contributed by atoms with van der Waals surface area (Å²) in [5, 5.41) is 7.63. The zero-order valence-electron chi connectivity index (χ0n) is 6.43. The maximum Gasteiger partial charge on any atom is 0.324 e. The number of hydrogen-bond donors (Lipinski definition) is 2. The third kappa shape index (κ3) is 1.94. The number of hydrogen-bond acceptors (Lipinski definition) is 4. The predicted molar refractivity (Wildman–Crippen MR) is 46.1 cm³/mol. The molecule has 0 aliphatic heterocycles. The molecule has 0 aromatic carbocycles. The maximum absolute atomic E-state index is 10.5. The highest BCUT2D eigenvalue weighted by Crippen LogP contribution is 2.14. The van der Waals surface area contributed by atoms with Gasteiger partial charge in [0.2, 0.25) is 0 Å². The number of rotatable bonds is 2. The van der Waals surface area contributed by atoms with E-state index in [1.54, 1.807) is 13.0 Å². The Hall–Kier alpha value is -1.10. The van der Waals surface area contributed by atoms with Gasteiger partial charge in [-0.2, -0.15) is 12.6 Å². The second-order valence-corrected chi connectivity index (χ2v) is 2.81. The molecule has 0 saturated carbocycles. The first-order valence-corrected chi connectivity index (χ1v) is 3.83. The quantitative estimate of drug-likeness (QED) is 0.668. The summed E-state index contributed by atoms with van der Waals surface area (Å²) < 4.78 is 0. The molecular weight excluding hydrogens is 176 g/mol. The van der Waals surface area contributed by atoms with Crippen LogP contribution in [0.15, 0.2) is 12.3 Å². The molecule has 0 amide bonds. The highest BCUT2D eigenvalue weighted by molar-refractivity contribution is 7.81. The van der Waals surface area contributed by atoms with Crippen LogP contribution in [-0.2, 0) is 4.79 Å².